The van der Waals surface area contributed by atoms with Gasteiger partial charge in [0.25, 0.3) is 11.8 Å². The van der Waals surface area contributed by atoms with Gasteiger partial charge in [-0.2, -0.15) is 18.2 Å². The molecule has 1 heterocycles. The molecule has 1 aromatic heterocycles. The number of hydrogen-bond donors (Lipinski definition) is 1. The monoisotopic (exact) mass is 502 g/mol. The molecular formula is C25H25F3N4O4. The summed E-state index contributed by atoms with van der Waals surface area (Å²) < 4.78 is 45.6. The van der Waals surface area contributed by atoms with E-state index in [0.717, 1.165) is 17.2 Å². The minimum atomic E-state index is -4.58. The second-order valence-electron chi connectivity index (χ2n) is 7.87. The summed E-state index contributed by atoms with van der Waals surface area (Å²) in [5, 5.41) is 3.31. The molecule has 0 aliphatic carbocycles. The highest BCUT2D eigenvalue weighted by Gasteiger charge is 2.31. The van der Waals surface area contributed by atoms with Crippen molar-refractivity contribution in [2.24, 2.45) is 0 Å². The molecule has 0 unspecified atom stereocenters. The summed E-state index contributed by atoms with van der Waals surface area (Å²) in [6.45, 7) is 0.492. The molecule has 0 bridgehead atoms. The molecular weight excluding hydrogens is 477 g/mol. The standard InChI is InChI=1S/C25H25F3N4O4/c1-29-23(33)22-16-21(10-11-30-22)36-20-9-4-6-17(14-20)24(34)32(35-13-12-31(2)3)19-8-5-7-18(15-19)25(26,27)28/h4-11,14-16H,12-13H2,1-3H3,(H,29,33). The maximum atomic E-state index is 13.4. The van der Waals surface area contributed by atoms with Gasteiger partial charge in [0.1, 0.15) is 17.2 Å². The van der Waals surface area contributed by atoms with Crippen LogP contribution in [0.25, 0.3) is 0 Å². The number of alkyl halides is 3. The fourth-order valence-corrected chi connectivity index (χ4v) is 3.05. The van der Waals surface area contributed by atoms with Crippen LogP contribution in [0.2, 0.25) is 0 Å². The van der Waals surface area contributed by atoms with Crippen molar-refractivity contribution in [3.05, 3.63) is 83.7 Å². The molecule has 3 aromatic rings. The van der Waals surface area contributed by atoms with Crippen molar-refractivity contribution >= 4 is 17.5 Å². The lowest BCUT2D eigenvalue weighted by molar-refractivity contribution is -0.137. The van der Waals surface area contributed by atoms with Crippen LogP contribution >= 0.6 is 0 Å². The Bertz CT molecular complexity index is 1220. The highest BCUT2D eigenvalue weighted by molar-refractivity contribution is 6.05. The fraction of sp³-hybridized carbons (Fsp3) is 0.240. The summed E-state index contributed by atoms with van der Waals surface area (Å²) in [5.74, 6) is -0.493. The topological polar surface area (TPSA) is 84.0 Å². The molecule has 0 atom stereocenters. The number of halogens is 3. The van der Waals surface area contributed by atoms with Gasteiger partial charge in [-0.3, -0.25) is 19.4 Å². The van der Waals surface area contributed by atoms with Crippen LogP contribution in [0.3, 0.4) is 0 Å². The first-order valence-corrected chi connectivity index (χ1v) is 10.8. The van der Waals surface area contributed by atoms with Crippen LogP contribution in [0, 0.1) is 0 Å². The van der Waals surface area contributed by atoms with Gasteiger partial charge >= 0.3 is 6.18 Å². The molecule has 0 fully saturated rings. The molecule has 2 aromatic carbocycles. The molecule has 0 radical (unpaired) electrons. The van der Waals surface area contributed by atoms with Gasteiger partial charge in [0.15, 0.2) is 0 Å². The van der Waals surface area contributed by atoms with Gasteiger partial charge in [-0.1, -0.05) is 12.1 Å². The van der Waals surface area contributed by atoms with Gasteiger partial charge in [-0.05, 0) is 56.6 Å². The van der Waals surface area contributed by atoms with Crippen LogP contribution in [-0.4, -0.2) is 56.0 Å². The van der Waals surface area contributed by atoms with E-state index in [0.29, 0.717) is 12.3 Å². The van der Waals surface area contributed by atoms with Crippen molar-refractivity contribution in [2.75, 3.05) is 39.4 Å². The lowest BCUT2D eigenvalue weighted by atomic mass is 10.1. The van der Waals surface area contributed by atoms with Crippen molar-refractivity contribution in [3.63, 3.8) is 0 Å². The number of pyridine rings is 1. The third-order valence-electron chi connectivity index (χ3n) is 4.86. The minimum Gasteiger partial charge on any atom is -0.457 e. The summed E-state index contributed by atoms with van der Waals surface area (Å²) in [6.07, 6.45) is -3.18. The average molecular weight is 502 g/mol. The predicted octanol–water partition coefficient (Wildman–Crippen LogP) is 4.39. The number of nitrogens with zero attached hydrogens (tertiary/aromatic N) is 3. The number of likely N-dealkylation sites (N-methyl/N-ethyl adjacent to an activating group) is 1. The van der Waals surface area contributed by atoms with Crippen LogP contribution < -0.4 is 15.1 Å². The van der Waals surface area contributed by atoms with E-state index in [1.807, 2.05) is 4.90 Å². The van der Waals surface area contributed by atoms with E-state index in [2.05, 4.69) is 10.3 Å². The van der Waals surface area contributed by atoms with E-state index in [1.54, 1.807) is 32.3 Å². The van der Waals surface area contributed by atoms with Crippen molar-refractivity contribution in [2.45, 2.75) is 6.18 Å². The van der Waals surface area contributed by atoms with Gasteiger partial charge < -0.3 is 15.0 Å². The zero-order chi connectivity index (χ0) is 26.3. The van der Waals surface area contributed by atoms with Gasteiger partial charge in [0.05, 0.1) is 17.9 Å². The van der Waals surface area contributed by atoms with Crippen LogP contribution in [0.15, 0.2) is 66.9 Å². The summed E-state index contributed by atoms with van der Waals surface area (Å²) in [7, 11) is 5.08. The molecule has 0 aliphatic heterocycles. The molecule has 0 saturated carbocycles. The third-order valence-corrected chi connectivity index (χ3v) is 4.86. The zero-order valence-electron chi connectivity index (χ0n) is 19.9. The highest BCUT2D eigenvalue weighted by atomic mass is 19.4. The predicted molar refractivity (Wildman–Crippen MR) is 127 cm³/mol. The summed E-state index contributed by atoms with van der Waals surface area (Å²) >= 11 is 0. The molecule has 36 heavy (non-hydrogen) atoms. The van der Waals surface area contributed by atoms with Gasteiger partial charge in [-0.15, -0.1) is 0 Å². The molecule has 2 amide bonds. The quantitative estimate of drug-likeness (QED) is 0.437. The molecule has 8 nitrogen and oxygen atoms in total. The summed E-state index contributed by atoms with van der Waals surface area (Å²) in [4.78, 5) is 36.6. The number of hydroxylamine groups is 1. The van der Waals surface area contributed by atoms with E-state index in [9.17, 15) is 22.8 Å². The average Bonchev–Trinajstić information content (AvgIpc) is 2.85. The Morgan fingerprint density at radius 3 is 2.42 bits per heavy atom. The molecule has 1 N–H and O–H groups in total. The Morgan fingerprint density at radius 2 is 1.72 bits per heavy atom. The first kappa shape index (κ1) is 26.6. The molecule has 3 rings (SSSR count). The minimum absolute atomic E-state index is 0.0600. The second kappa shape index (κ2) is 11.6. The summed E-state index contributed by atoms with van der Waals surface area (Å²) in [5.41, 5.74) is -0.706. The van der Waals surface area contributed by atoms with E-state index < -0.39 is 23.6 Å². The SMILES string of the molecule is CNC(=O)c1cc(Oc2cccc(C(=O)N(OCCN(C)C)c3cccc(C(F)(F)F)c3)c2)ccn1. The van der Waals surface area contributed by atoms with Crippen LogP contribution in [-0.2, 0) is 11.0 Å². The normalized spacial score (nSPS) is 11.3. The van der Waals surface area contributed by atoms with E-state index in [4.69, 9.17) is 9.57 Å². The van der Waals surface area contributed by atoms with Crippen LogP contribution in [0.5, 0.6) is 11.5 Å². The van der Waals surface area contributed by atoms with E-state index in [-0.39, 0.29) is 29.3 Å². The van der Waals surface area contributed by atoms with Crippen LogP contribution in [0.4, 0.5) is 18.9 Å². The number of anilines is 1. The second-order valence-corrected chi connectivity index (χ2v) is 7.87. The smallest absolute Gasteiger partial charge is 0.416 e. The Labute approximate surface area is 206 Å². The first-order chi connectivity index (χ1) is 17.1. The number of hydrogen-bond acceptors (Lipinski definition) is 6. The molecule has 0 spiro atoms. The maximum absolute atomic E-state index is 13.4. The lowest BCUT2D eigenvalue weighted by Crippen LogP contribution is -2.34. The van der Waals surface area contributed by atoms with Crippen molar-refractivity contribution in [1.82, 2.24) is 15.2 Å². The Kier molecular flexibility index (Phi) is 8.62. The number of carbonyl (C=O) groups excluding carboxylic acids is 2. The Hall–Kier alpha value is -3.96. The van der Waals surface area contributed by atoms with Crippen molar-refractivity contribution in [1.29, 1.82) is 0 Å². The highest BCUT2D eigenvalue weighted by Crippen LogP contribution is 2.32. The zero-order valence-corrected chi connectivity index (χ0v) is 19.9. The van der Waals surface area contributed by atoms with E-state index in [1.165, 1.54) is 43.6 Å². The molecule has 0 saturated heterocycles. The van der Waals surface area contributed by atoms with Crippen molar-refractivity contribution < 1.29 is 32.3 Å². The largest absolute Gasteiger partial charge is 0.457 e. The number of aromatic nitrogens is 1. The molecule has 0 aliphatic rings. The molecule has 11 heteroatoms. The number of ether oxygens (including phenoxy) is 1. The Morgan fingerprint density at radius 1 is 1.00 bits per heavy atom. The van der Waals surface area contributed by atoms with E-state index >= 15 is 0 Å². The number of amides is 2. The van der Waals surface area contributed by atoms with Gasteiger partial charge in [0.2, 0.25) is 0 Å². The van der Waals surface area contributed by atoms with Gasteiger partial charge in [-0.25, -0.2) is 0 Å². The maximum Gasteiger partial charge on any atom is 0.416 e. The van der Waals surface area contributed by atoms with Crippen molar-refractivity contribution in [3.8, 4) is 11.5 Å². The van der Waals surface area contributed by atoms with Crippen LogP contribution in [0.1, 0.15) is 26.4 Å². The molecule has 190 valence electrons. The lowest BCUT2D eigenvalue weighted by Gasteiger charge is -2.24. The third kappa shape index (κ3) is 7.03. The number of benzene rings is 2. The number of carbonyl (C=O) groups is 2. The number of rotatable bonds is 9. The van der Waals surface area contributed by atoms with Gasteiger partial charge in [0, 0.05) is 31.4 Å². The first-order valence-electron chi connectivity index (χ1n) is 10.8. The summed E-state index contributed by atoms with van der Waals surface area (Å²) in [6, 6.07) is 13.4. The fourth-order valence-electron chi connectivity index (χ4n) is 3.05. The Balaban J connectivity index is 1.89. The number of nitrogens with one attached hydrogen (secondary N) is 1.